The molecule has 9 aromatic carbocycles. The number of benzene rings is 9. The summed E-state index contributed by atoms with van der Waals surface area (Å²) in [5, 5.41) is 0. The van der Waals surface area contributed by atoms with E-state index in [1.54, 1.807) is 0 Å². The molecular formula is C61H41N5. The van der Waals surface area contributed by atoms with E-state index in [0.717, 1.165) is 89.3 Å². The van der Waals surface area contributed by atoms with Crippen LogP contribution in [0.25, 0.3) is 113 Å². The fourth-order valence-electron chi connectivity index (χ4n) is 8.52. The van der Waals surface area contributed by atoms with Crippen LogP contribution in [0.5, 0.6) is 0 Å². The lowest BCUT2D eigenvalue weighted by atomic mass is 9.82. The Morgan fingerprint density at radius 3 is 0.773 bits per heavy atom. The van der Waals surface area contributed by atoms with Gasteiger partial charge >= 0.3 is 0 Å². The van der Waals surface area contributed by atoms with Gasteiger partial charge in [0.2, 0.25) is 0 Å². The lowest BCUT2D eigenvalue weighted by Crippen LogP contribution is -2.00. The minimum Gasteiger partial charge on any atom is -0.228 e. The molecule has 2 aromatic heterocycles. The van der Waals surface area contributed by atoms with Crippen LogP contribution < -0.4 is 0 Å². The molecule has 5 heteroatoms. The Morgan fingerprint density at radius 2 is 0.424 bits per heavy atom. The maximum atomic E-state index is 5.14. The van der Waals surface area contributed by atoms with E-state index in [2.05, 4.69) is 152 Å². The number of nitrogens with zero attached hydrogens (tertiary/aromatic N) is 5. The van der Waals surface area contributed by atoms with E-state index in [4.69, 9.17) is 24.9 Å². The standard InChI is InChI=1S/C61H41N5/c1-7-19-42(20-8-1)52-39-40-53(43-21-9-2-10-22-43)57(47-35-37-51(38-36-47)61-65-59(49-27-15-5-16-28-49)64-60(66-61)50-29-17-6-18-30-50)56(52)46-33-31-45(32-34-46)55-41-54(44-23-11-3-12-24-44)62-58(63-55)48-25-13-4-14-26-48/h1-41H. The SMILES string of the molecule is c1ccc(-c2cc(-c3ccc(-c4c(-c5ccccc5)ccc(-c5ccccc5)c4-c4ccc(-c5nc(-c6ccccc6)nc(-c6ccccc6)n5)cc4)cc3)nc(-c3ccccc3)n2)cc1. The van der Waals surface area contributed by atoms with E-state index in [9.17, 15) is 0 Å². The molecule has 5 nitrogen and oxygen atoms in total. The molecule has 0 aliphatic carbocycles. The van der Waals surface area contributed by atoms with Gasteiger partial charge < -0.3 is 0 Å². The van der Waals surface area contributed by atoms with E-state index in [0.29, 0.717) is 23.3 Å². The first-order chi connectivity index (χ1) is 32.7. The third-order valence-corrected chi connectivity index (χ3v) is 11.8. The Labute approximate surface area is 384 Å². The first-order valence-corrected chi connectivity index (χ1v) is 22.1. The minimum absolute atomic E-state index is 0.613. The molecule has 0 aliphatic rings. The van der Waals surface area contributed by atoms with Gasteiger partial charge in [0.05, 0.1) is 11.4 Å². The lowest BCUT2D eigenvalue weighted by molar-refractivity contribution is 1.07. The summed E-state index contributed by atoms with van der Waals surface area (Å²) in [6, 6.07) is 86.1. The van der Waals surface area contributed by atoms with Crippen molar-refractivity contribution < 1.29 is 0 Å². The highest BCUT2D eigenvalue weighted by molar-refractivity contribution is 6.02. The van der Waals surface area contributed by atoms with Gasteiger partial charge in [0, 0.05) is 33.4 Å². The second-order valence-electron chi connectivity index (χ2n) is 16.0. The summed E-state index contributed by atoms with van der Waals surface area (Å²) in [7, 11) is 0. The van der Waals surface area contributed by atoms with Crippen molar-refractivity contribution in [3.05, 3.63) is 249 Å². The van der Waals surface area contributed by atoms with Gasteiger partial charge in [-0.25, -0.2) is 24.9 Å². The molecule has 0 saturated carbocycles. The van der Waals surface area contributed by atoms with Gasteiger partial charge in [-0.05, 0) is 50.6 Å². The fraction of sp³-hybridized carbons (Fsp3) is 0. The van der Waals surface area contributed by atoms with Crippen LogP contribution in [0, 0.1) is 0 Å². The molecule has 310 valence electrons. The van der Waals surface area contributed by atoms with Gasteiger partial charge in [-0.1, -0.05) is 243 Å². The van der Waals surface area contributed by atoms with E-state index in [1.807, 2.05) is 97.1 Å². The smallest absolute Gasteiger partial charge is 0.164 e. The van der Waals surface area contributed by atoms with Crippen molar-refractivity contribution in [3.63, 3.8) is 0 Å². The zero-order valence-electron chi connectivity index (χ0n) is 35.9. The van der Waals surface area contributed by atoms with E-state index < -0.39 is 0 Å². The van der Waals surface area contributed by atoms with Gasteiger partial charge in [-0.3, -0.25) is 0 Å². The van der Waals surface area contributed by atoms with Crippen LogP contribution in [0.4, 0.5) is 0 Å². The van der Waals surface area contributed by atoms with Crippen molar-refractivity contribution in [3.8, 4) is 113 Å². The molecule has 0 radical (unpaired) electrons. The van der Waals surface area contributed by atoms with Gasteiger partial charge in [-0.15, -0.1) is 0 Å². The Hall–Kier alpha value is -8.93. The summed E-state index contributed by atoms with van der Waals surface area (Å²) < 4.78 is 0. The highest BCUT2D eigenvalue weighted by Crippen LogP contribution is 2.46. The molecule has 0 fully saturated rings. The van der Waals surface area contributed by atoms with Gasteiger partial charge in [0.1, 0.15) is 0 Å². The summed E-state index contributed by atoms with van der Waals surface area (Å²) in [5.74, 6) is 2.56. The van der Waals surface area contributed by atoms with Gasteiger partial charge in [0.15, 0.2) is 23.3 Å². The molecular weight excluding hydrogens is 803 g/mol. The Kier molecular flexibility index (Phi) is 10.9. The fourth-order valence-corrected chi connectivity index (χ4v) is 8.52. The first-order valence-electron chi connectivity index (χ1n) is 22.1. The van der Waals surface area contributed by atoms with Crippen molar-refractivity contribution in [1.29, 1.82) is 0 Å². The Balaban J connectivity index is 1.07. The highest BCUT2D eigenvalue weighted by atomic mass is 15.0. The Morgan fingerprint density at radius 1 is 0.182 bits per heavy atom. The molecule has 11 rings (SSSR count). The molecule has 0 unspecified atom stereocenters. The highest BCUT2D eigenvalue weighted by Gasteiger charge is 2.21. The van der Waals surface area contributed by atoms with Crippen LogP contribution >= 0.6 is 0 Å². The van der Waals surface area contributed by atoms with Crippen molar-refractivity contribution >= 4 is 0 Å². The summed E-state index contributed by atoms with van der Waals surface area (Å²) in [6.45, 7) is 0. The van der Waals surface area contributed by atoms with Crippen LogP contribution in [0.1, 0.15) is 0 Å². The van der Waals surface area contributed by atoms with E-state index in [-0.39, 0.29) is 0 Å². The molecule has 0 aliphatic heterocycles. The molecule has 0 amide bonds. The van der Waals surface area contributed by atoms with Crippen molar-refractivity contribution in [2.45, 2.75) is 0 Å². The third kappa shape index (κ3) is 8.21. The predicted octanol–water partition coefficient (Wildman–Crippen LogP) is 15.3. The Bertz CT molecular complexity index is 3050. The van der Waals surface area contributed by atoms with Crippen molar-refractivity contribution in [1.82, 2.24) is 24.9 Å². The molecule has 0 N–H and O–H groups in total. The summed E-state index contributed by atoms with van der Waals surface area (Å²) in [4.78, 5) is 25.2. The molecule has 11 aromatic rings. The van der Waals surface area contributed by atoms with E-state index in [1.165, 1.54) is 0 Å². The van der Waals surface area contributed by atoms with Crippen LogP contribution in [0.2, 0.25) is 0 Å². The molecule has 66 heavy (non-hydrogen) atoms. The molecule has 0 atom stereocenters. The summed E-state index contributed by atoms with van der Waals surface area (Å²) in [5.41, 5.74) is 16.5. The van der Waals surface area contributed by atoms with Crippen molar-refractivity contribution in [2.75, 3.05) is 0 Å². The van der Waals surface area contributed by atoms with Crippen LogP contribution in [0.15, 0.2) is 249 Å². The number of rotatable bonds is 10. The largest absolute Gasteiger partial charge is 0.228 e. The molecule has 0 saturated heterocycles. The molecule has 0 bridgehead atoms. The monoisotopic (exact) mass is 843 g/mol. The number of aromatic nitrogens is 5. The number of hydrogen-bond donors (Lipinski definition) is 0. The van der Waals surface area contributed by atoms with Crippen LogP contribution in [-0.4, -0.2) is 24.9 Å². The maximum absolute atomic E-state index is 5.14. The lowest BCUT2D eigenvalue weighted by Gasteiger charge is -2.21. The van der Waals surface area contributed by atoms with Crippen LogP contribution in [0.3, 0.4) is 0 Å². The normalized spacial score (nSPS) is 11.0. The second kappa shape index (κ2) is 18.0. The molecule has 2 heterocycles. The summed E-state index contributed by atoms with van der Waals surface area (Å²) >= 11 is 0. The van der Waals surface area contributed by atoms with E-state index >= 15 is 0 Å². The zero-order valence-corrected chi connectivity index (χ0v) is 35.9. The topological polar surface area (TPSA) is 64.5 Å². The quantitative estimate of drug-likeness (QED) is 0.137. The third-order valence-electron chi connectivity index (χ3n) is 11.8. The molecule has 0 spiro atoms. The van der Waals surface area contributed by atoms with Crippen molar-refractivity contribution in [2.24, 2.45) is 0 Å². The first kappa shape index (κ1) is 39.9. The van der Waals surface area contributed by atoms with Crippen LogP contribution in [-0.2, 0) is 0 Å². The number of hydrogen-bond acceptors (Lipinski definition) is 5. The maximum Gasteiger partial charge on any atom is 0.164 e. The second-order valence-corrected chi connectivity index (χ2v) is 16.0. The average molecular weight is 844 g/mol. The van der Waals surface area contributed by atoms with Gasteiger partial charge in [0.25, 0.3) is 0 Å². The zero-order chi connectivity index (χ0) is 44.1. The summed E-state index contributed by atoms with van der Waals surface area (Å²) in [6.07, 6.45) is 0. The predicted molar refractivity (Wildman–Crippen MR) is 270 cm³/mol. The average Bonchev–Trinajstić information content (AvgIpc) is 3.42. The van der Waals surface area contributed by atoms with Gasteiger partial charge in [-0.2, -0.15) is 0 Å². The minimum atomic E-state index is 0.613.